The Balaban J connectivity index is 1.71. The zero-order valence-electron chi connectivity index (χ0n) is 13.7. The highest BCUT2D eigenvalue weighted by Gasteiger charge is 2.48. The highest BCUT2D eigenvalue weighted by Crippen LogP contribution is 2.41. The fourth-order valence-electron chi connectivity index (χ4n) is 3.65. The van der Waals surface area contributed by atoms with Crippen LogP contribution in [0.4, 0.5) is 0 Å². The minimum Gasteiger partial charge on any atom is -0.461 e. The molecular weight excluding hydrogens is 336 g/mol. The van der Waals surface area contributed by atoms with E-state index in [-0.39, 0.29) is 12.5 Å². The lowest BCUT2D eigenvalue weighted by atomic mass is 9.85. The van der Waals surface area contributed by atoms with E-state index in [0.29, 0.717) is 18.4 Å². The van der Waals surface area contributed by atoms with E-state index in [9.17, 15) is 24.9 Å². The van der Waals surface area contributed by atoms with Crippen LogP contribution in [0, 0.1) is 11.8 Å². The second-order valence-electron chi connectivity index (χ2n) is 6.68. The van der Waals surface area contributed by atoms with E-state index in [2.05, 4.69) is 0 Å². The molecule has 0 aromatic carbocycles. The van der Waals surface area contributed by atoms with Crippen molar-refractivity contribution in [1.29, 1.82) is 0 Å². The van der Waals surface area contributed by atoms with Gasteiger partial charge in [0.15, 0.2) is 0 Å². The van der Waals surface area contributed by atoms with Crippen LogP contribution in [0.15, 0.2) is 11.1 Å². The van der Waals surface area contributed by atoms with Gasteiger partial charge < -0.3 is 34.6 Å². The Bertz CT molecular complexity index is 584. The fourth-order valence-corrected chi connectivity index (χ4v) is 3.65. The zero-order chi connectivity index (χ0) is 18.3. The minimum atomic E-state index is -1.66. The van der Waals surface area contributed by atoms with Gasteiger partial charge in [-0.05, 0) is 19.8 Å². The standard InChI is InChI=1S/C16H22O9/c1-6-2-3-7-8(5-23-15(22)10(6)7)14(21)25-16-13(20)12(19)11(18)9(4-17)24-16/h7-9,11-13,16-20H,2-5H2,1H3/t7-,8+,9+,11-,12-,13+,16+/m1/s1. The highest BCUT2D eigenvalue weighted by atomic mass is 16.7. The van der Waals surface area contributed by atoms with E-state index < -0.39 is 55.2 Å². The van der Waals surface area contributed by atoms with Crippen molar-refractivity contribution in [3.63, 3.8) is 0 Å². The fraction of sp³-hybridized carbons (Fsp3) is 0.750. The third kappa shape index (κ3) is 3.18. The lowest BCUT2D eigenvalue weighted by Gasteiger charge is -2.40. The van der Waals surface area contributed by atoms with E-state index in [1.807, 2.05) is 6.92 Å². The van der Waals surface area contributed by atoms with Gasteiger partial charge in [0.2, 0.25) is 6.29 Å². The topological polar surface area (TPSA) is 143 Å². The first-order valence-electron chi connectivity index (χ1n) is 8.23. The minimum absolute atomic E-state index is 0.128. The number of carbonyl (C=O) groups is 2. The number of aliphatic hydroxyl groups excluding tert-OH is 4. The number of fused-ring (bicyclic) bond motifs is 1. The molecule has 0 spiro atoms. The summed E-state index contributed by atoms with van der Waals surface area (Å²) in [5.74, 6) is -2.18. The van der Waals surface area contributed by atoms with Crippen molar-refractivity contribution in [2.45, 2.75) is 50.5 Å². The molecular formula is C16H22O9. The van der Waals surface area contributed by atoms with Gasteiger partial charge in [-0.25, -0.2) is 4.79 Å². The number of cyclic esters (lactones) is 1. The molecule has 4 N–H and O–H groups in total. The Morgan fingerprint density at radius 3 is 2.64 bits per heavy atom. The number of rotatable bonds is 3. The molecule has 0 aromatic heterocycles. The molecule has 3 rings (SSSR count). The second kappa shape index (κ2) is 7.00. The van der Waals surface area contributed by atoms with Crippen molar-refractivity contribution in [3.8, 4) is 0 Å². The van der Waals surface area contributed by atoms with Crippen LogP contribution >= 0.6 is 0 Å². The van der Waals surface area contributed by atoms with Crippen LogP contribution < -0.4 is 0 Å². The van der Waals surface area contributed by atoms with Crippen molar-refractivity contribution in [3.05, 3.63) is 11.1 Å². The summed E-state index contributed by atoms with van der Waals surface area (Å²) in [6, 6.07) is 0. The molecule has 0 amide bonds. The monoisotopic (exact) mass is 358 g/mol. The molecule has 2 fully saturated rings. The Kier molecular flexibility index (Phi) is 5.12. The van der Waals surface area contributed by atoms with E-state index >= 15 is 0 Å². The van der Waals surface area contributed by atoms with Gasteiger partial charge in [0.1, 0.15) is 31.0 Å². The SMILES string of the molecule is CC1=C2C(=O)OC[C@H](C(=O)O[C@@H]3O[C@@H](CO)[C@@H](O)[C@@H](O)[C@@H]3O)[C@H]2CC1. The van der Waals surface area contributed by atoms with Gasteiger partial charge >= 0.3 is 11.9 Å². The summed E-state index contributed by atoms with van der Waals surface area (Å²) in [4.78, 5) is 24.4. The first kappa shape index (κ1) is 18.3. The van der Waals surface area contributed by atoms with Crippen molar-refractivity contribution in [2.75, 3.05) is 13.2 Å². The van der Waals surface area contributed by atoms with Gasteiger partial charge in [-0.2, -0.15) is 0 Å². The van der Waals surface area contributed by atoms with Crippen LogP contribution in [-0.4, -0.2) is 76.3 Å². The number of ether oxygens (including phenoxy) is 3. The van der Waals surface area contributed by atoms with E-state index in [1.54, 1.807) is 0 Å². The number of hydrogen-bond donors (Lipinski definition) is 4. The first-order chi connectivity index (χ1) is 11.8. The van der Waals surface area contributed by atoms with Gasteiger partial charge in [0.25, 0.3) is 0 Å². The van der Waals surface area contributed by atoms with Crippen molar-refractivity contribution in [2.24, 2.45) is 11.8 Å². The Morgan fingerprint density at radius 2 is 1.96 bits per heavy atom. The maximum absolute atomic E-state index is 12.5. The highest BCUT2D eigenvalue weighted by molar-refractivity contribution is 5.93. The molecule has 0 bridgehead atoms. The Hall–Kier alpha value is -1.52. The number of allylic oxidation sites excluding steroid dienone is 1. The average molecular weight is 358 g/mol. The number of hydrogen-bond acceptors (Lipinski definition) is 9. The van der Waals surface area contributed by atoms with Gasteiger partial charge in [-0.3, -0.25) is 4.79 Å². The van der Waals surface area contributed by atoms with Gasteiger partial charge in [0.05, 0.1) is 12.5 Å². The molecule has 0 aromatic rings. The average Bonchev–Trinajstić information content (AvgIpc) is 2.98. The van der Waals surface area contributed by atoms with E-state index in [1.165, 1.54) is 0 Å². The number of aliphatic hydroxyl groups is 4. The third-order valence-corrected chi connectivity index (χ3v) is 5.14. The molecule has 9 heteroatoms. The smallest absolute Gasteiger partial charge is 0.334 e. The van der Waals surface area contributed by atoms with Gasteiger partial charge in [-0.15, -0.1) is 0 Å². The quantitative estimate of drug-likeness (QED) is 0.431. The summed E-state index contributed by atoms with van der Waals surface area (Å²) in [7, 11) is 0. The molecule has 3 aliphatic rings. The van der Waals surface area contributed by atoms with Crippen LogP contribution in [-0.2, 0) is 23.8 Å². The summed E-state index contributed by atoms with van der Waals surface area (Å²) < 4.78 is 15.4. The molecule has 2 heterocycles. The lowest BCUT2D eigenvalue weighted by molar-refractivity contribution is -0.294. The summed E-state index contributed by atoms with van der Waals surface area (Å²) in [6.45, 7) is 1.08. The van der Waals surface area contributed by atoms with Crippen LogP contribution in [0.3, 0.4) is 0 Å². The first-order valence-corrected chi connectivity index (χ1v) is 8.23. The maximum atomic E-state index is 12.5. The van der Waals surface area contributed by atoms with Crippen molar-refractivity contribution >= 4 is 11.9 Å². The number of carbonyl (C=O) groups excluding carboxylic acids is 2. The van der Waals surface area contributed by atoms with Crippen molar-refractivity contribution in [1.82, 2.24) is 0 Å². The van der Waals surface area contributed by atoms with Crippen molar-refractivity contribution < 1.29 is 44.2 Å². The predicted molar refractivity (Wildman–Crippen MR) is 79.7 cm³/mol. The number of esters is 2. The molecule has 7 atom stereocenters. The second-order valence-corrected chi connectivity index (χ2v) is 6.68. The van der Waals surface area contributed by atoms with E-state index in [0.717, 1.165) is 5.57 Å². The molecule has 1 aliphatic carbocycles. The Morgan fingerprint density at radius 1 is 1.24 bits per heavy atom. The molecule has 0 unspecified atom stereocenters. The van der Waals surface area contributed by atoms with Crippen LogP contribution in [0.1, 0.15) is 19.8 Å². The van der Waals surface area contributed by atoms with E-state index in [4.69, 9.17) is 19.3 Å². The normalized spacial score (nSPS) is 41.3. The molecule has 2 aliphatic heterocycles. The van der Waals surface area contributed by atoms with Crippen LogP contribution in [0.5, 0.6) is 0 Å². The largest absolute Gasteiger partial charge is 0.461 e. The Labute approximate surface area is 143 Å². The molecule has 0 saturated carbocycles. The van der Waals surface area contributed by atoms with Gasteiger partial charge in [0, 0.05) is 11.5 Å². The van der Waals surface area contributed by atoms with Crippen LogP contribution in [0.25, 0.3) is 0 Å². The zero-order valence-corrected chi connectivity index (χ0v) is 13.7. The molecule has 9 nitrogen and oxygen atoms in total. The summed E-state index contributed by atoms with van der Waals surface area (Å²) >= 11 is 0. The molecule has 2 saturated heterocycles. The predicted octanol–water partition coefficient (Wildman–Crippen LogP) is -1.77. The lowest BCUT2D eigenvalue weighted by Crippen LogP contribution is -2.59. The molecule has 25 heavy (non-hydrogen) atoms. The maximum Gasteiger partial charge on any atom is 0.334 e. The summed E-state index contributed by atoms with van der Waals surface area (Å²) in [6.07, 6.45) is -6.19. The summed E-state index contributed by atoms with van der Waals surface area (Å²) in [5, 5.41) is 38.6. The molecule has 0 radical (unpaired) electrons. The molecule has 140 valence electrons. The summed E-state index contributed by atoms with van der Waals surface area (Å²) in [5.41, 5.74) is 1.39. The third-order valence-electron chi connectivity index (χ3n) is 5.14. The van der Waals surface area contributed by atoms with Crippen LogP contribution in [0.2, 0.25) is 0 Å². The van der Waals surface area contributed by atoms with Gasteiger partial charge in [-0.1, -0.05) is 5.57 Å².